The van der Waals surface area contributed by atoms with Crippen molar-refractivity contribution in [1.29, 1.82) is 0 Å². The Bertz CT molecular complexity index is 672. The normalized spacial score (nSPS) is 11.2. The molecule has 114 valence electrons. The van der Waals surface area contributed by atoms with E-state index in [-0.39, 0.29) is 5.91 Å². The molecule has 0 aliphatic rings. The third-order valence-corrected chi connectivity index (χ3v) is 3.64. The Balaban J connectivity index is 2.08. The summed E-state index contributed by atoms with van der Waals surface area (Å²) in [5, 5.41) is 2.90. The predicted molar refractivity (Wildman–Crippen MR) is 93.0 cm³/mol. The predicted octanol–water partition coefficient (Wildman–Crippen LogP) is 3.73. The van der Waals surface area contributed by atoms with Gasteiger partial charge in [-0.25, -0.2) is 0 Å². The lowest BCUT2D eigenvalue weighted by atomic mass is 10.1. The van der Waals surface area contributed by atoms with E-state index in [1.807, 2.05) is 74.3 Å². The average Bonchev–Trinajstić information content (AvgIpc) is 2.54. The van der Waals surface area contributed by atoms with Crippen molar-refractivity contribution in [2.24, 2.45) is 4.99 Å². The molecule has 0 saturated carbocycles. The number of amidine groups is 1. The van der Waals surface area contributed by atoms with Crippen LogP contribution in [0.4, 0.5) is 11.4 Å². The smallest absolute Gasteiger partial charge is 0.255 e. The van der Waals surface area contributed by atoms with Crippen molar-refractivity contribution in [3.8, 4) is 0 Å². The van der Waals surface area contributed by atoms with Gasteiger partial charge in [0.15, 0.2) is 0 Å². The summed E-state index contributed by atoms with van der Waals surface area (Å²) < 4.78 is 0. The maximum atomic E-state index is 12.2. The molecule has 0 spiro atoms. The Morgan fingerprint density at radius 3 is 2.18 bits per heavy atom. The van der Waals surface area contributed by atoms with Crippen LogP contribution >= 0.6 is 0 Å². The Kier molecular flexibility index (Phi) is 4.94. The summed E-state index contributed by atoms with van der Waals surface area (Å²) in [7, 11) is 3.73. The molecule has 0 aliphatic carbocycles. The maximum Gasteiger partial charge on any atom is 0.255 e. The van der Waals surface area contributed by atoms with Crippen LogP contribution in [0.2, 0.25) is 0 Å². The fraction of sp³-hybridized carbons (Fsp3) is 0.222. The standard InChI is InChI=1S/C18H21N3O/c1-13-5-7-15(8-6-13)18(22)20-16-9-11-17(12-10-16)21(4)14(2)19-3/h5-12H,1-4H3,(H,20,22). The Morgan fingerprint density at radius 2 is 1.64 bits per heavy atom. The van der Waals surface area contributed by atoms with Gasteiger partial charge in [0.25, 0.3) is 5.91 Å². The van der Waals surface area contributed by atoms with E-state index in [2.05, 4.69) is 10.3 Å². The highest BCUT2D eigenvalue weighted by Crippen LogP contribution is 2.18. The van der Waals surface area contributed by atoms with Gasteiger partial charge < -0.3 is 10.2 Å². The first kappa shape index (κ1) is 15.8. The molecule has 0 fully saturated rings. The van der Waals surface area contributed by atoms with Crippen LogP contribution in [0.15, 0.2) is 53.5 Å². The highest BCUT2D eigenvalue weighted by atomic mass is 16.1. The Labute approximate surface area is 131 Å². The van der Waals surface area contributed by atoms with E-state index in [4.69, 9.17) is 0 Å². The molecule has 1 N–H and O–H groups in total. The number of aryl methyl sites for hydroxylation is 1. The number of hydrogen-bond donors (Lipinski definition) is 1. The lowest BCUT2D eigenvalue weighted by Gasteiger charge is -2.18. The number of carbonyl (C=O) groups is 1. The molecular formula is C18H21N3O. The summed E-state index contributed by atoms with van der Waals surface area (Å²) >= 11 is 0. The van der Waals surface area contributed by atoms with Crippen LogP contribution in [0, 0.1) is 6.92 Å². The summed E-state index contributed by atoms with van der Waals surface area (Å²) in [5.41, 5.74) is 3.59. The van der Waals surface area contributed by atoms with E-state index in [1.54, 1.807) is 7.05 Å². The lowest BCUT2D eigenvalue weighted by molar-refractivity contribution is 0.102. The summed E-state index contributed by atoms with van der Waals surface area (Å²) in [6.07, 6.45) is 0. The molecule has 0 radical (unpaired) electrons. The minimum atomic E-state index is -0.104. The third kappa shape index (κ3) is 3.73. The molecule has 0 bridgehead atoms. The fourth-order valence-corrected chi connectivity index (χ4v) is 2.01. The number of nitrogens with one attached hydrogen (secondary N) is 1. The van der Waals surface area contributed by atoms with Crippen LogP contribution in [-0.4, -0.2) is 25.8 Å². The minimum absolute atomic E-state index is 0.104. The molecule has 22 heavy (non-hydrogen) atoms. The van der Waals surface area contributed by atoms with E-state index in [1.165, 1.54) is 0 Å². The van der Waals surface area contributed by atoms with Crippen LogP contribution < -0.4 is 10.2 Å². The molecule has 2 rings (SSSR count). The molecule has 0 aliphatic heterocycles. The third-order valence-electron chi connectivity index (χ3n) is 3.64. The van der Waals surface area contributed by atoms with Crippen LogP contribution in [0.5, 0.6) is 0 Å². The fourth-order valence-electron chi connectivity index (χ4n) is 2.01. The van der Waals surface area contributed by atoms with Gasteiger partial charge in [-0.3, -0.25) is 9.79 Å². The maximum absolute atomic E-state index is 12.2. The average molecular weight is 295 g/mol. The van der Waals surface area contributed by atoms with Crippen molar-refractivity contribution in [3.63, 3.8) is 0 Å². The van der Waals surface area contributed by atoms with E-state index in [0.717, 1.165) is 22.8 Å². The van der Waals surface area contributed by atoms with Gasteiger partial charge >= 0.3 is 0 Å². The Morgan fingerprint density at radius 1 is 1.05 bits per heavy atom. The molecule has 1 amide bonds. The largest absolute Gasteiger partial charge is 0.334 e. The first-order chi connectivity index (χ1) is 10.5. The SMILES string of the molecule is CN=C(C)N(C)c1ccc(NC(=O)c2ccc(C)cc2)cc1. The monoisotopic (exact) mass is 295 g/mol. The van der Waals surface area contributed by atoms with E-state index in [0.29, 0.717) is 5.56 Å². The van der Waals surface area contributed by atoms with Gasteiger partial charge in [0.2, 0.25) is 0 Å². The van der Waals surface area contributed by atoms with Gasteiger partial charge in [0.1, 0.15) is 0 Å². The number of rotatable bonds is 3. The first-order valence-electron chi connectivity index (χ1n) is 7.16. The summed E-state index contributed by atoms with van der Waals surface area (Å²) in [6, 6.07) is 15.2. The molecule has 0 unspecified atom stereocenters. The van der Waals surface area contributed by atoms with Gasteiger partial charge in [-0.15, -0.1) is 0 Å². The van der Waals surface area contributed by atoms with Gasteiger partial charge in [-0.05, 0) is 50.2 Å². The number of amides is 1. The van der Waals surface area contributed by atoms with E-state index in [9.17, 15) is 4.79 Å². The summed E-state index contributed by atoms with van der Waals surface area (Å²) in [5.74, 6) is 0.823. The van der Waals surface area contributed by atoms with Crippen molar-refractivity contribution >= 4 is 23.1 Å². The molecule has 4 heteroatoms. The first-order valence-corrected chi connectivity index (χ1v) is 7.16. The second-order valence-electron chi connectivity index (χ2n) is 5.20. The number of nitrogens with zero attached hydrogens (tertiary/aromatic N) is 2. The number of aliphatic imine (C=N–C) groups is 1. The minimum Gasteiger partial charge on any atom is -0.334 e. The van der Waals surface area contributed by atoms with Crippen molar-refractivity contribution in [2.45, 2.75) is 13.8 Å². The van der Waals surface area contributed by atoms with Crippen LogP contribution in [0.25, 0.3) is 0 Å². The van der Waals surface area contributed by atoms with Crippen molar-refractivity contribution in [3.05, 3.63) is 59.7 Å². The van der Waals surface area contributed by atoms with Crippen molar-refractivity contribution < 1.29 is 4.79 Å². The summed E-state index contributed by atoms with van der Waals surface area (Å²) in [4.78, 5) is 18.3. The van der Waals surface area contributed by atoms with Crippen molar-refractivity contribution in [2.75, 3.05) is 24.3 Å². The van der Waals surface area contributed by atoms with Crippen molar-refractivity contribution in [1.82, 2.24) is 0 Å². The molecule has 0 atom stereocenters. The van der Waals surface area contributed by atoms with Crippen LogP contribution in [0.3, 0.4) is 0 Å². The van der Waals surface area contributed by atoms with Gasteiger partial charge in [-0.2, -0.15) is 0 Å². The Hall–Kier alpha value is -2.62. The molecule has 2 aromatic carbocycles. The zero-order valence-corrected chi connectivity index (χ0v) is 13.4. The number of anilines is 2. The van der Waals surface area contributed by atoms with Gasteiger partial charge in [-0.1, -0.05) is 17.7 Å². The van der Waals surface area contributed by atoms with Crippen LogP contribution in [0.1, 0.15) is 22.8 Å². The second-order valence-corrected chi connectivity index (χ2v) is 5.20. The molecule has 0 saturated heterocycles. The van der Waals surface area contributed by atoms with Crippen LogP contribution in [-0.2, 0) is 0 Å². The molecule has 4 nitrogen and oxygen atoms in total. The number of benzene rings is 2. The summed E-state index contributed by atoms with van der Waals surface area (Å²) in [6.45, 7) is 3.95. The highest BCUT2D eigenvalue weighted by molar-refractivity contribution is 6.04. The zero-order valence-electron chi connectivity index (χ0n) is 13.4. The van der Waals surface area contributed by atoms with E-state index >= 15 is 0 Å². The number of hydrogen-bond acceptors (Lipinski definition) is 2. The molecule has 0 aromatic heterocycles. The highest BCUT2D eigenvalue weighted by Gasteiger charge is 2.07. The molecule has 2 aromatic rings. The second kappa shape index (κ2) is 6.89. The molecule has 0 heterocycles. The lowest BCUT2D eigenvalue weighted by Crippen LogP contribution is -2.23. The van der Waals surface area contributed by atoms with Gasteiger partial charge in [0, 0.05) is 31.0 Å². The van der Waals surface area contributed by atoms with Gasteiger partial charge in [0.05, 0.1) is 5.84 Å². The number of carbonyl (C=O) groups excluding carboxylic acids is 1. The van der Waals surface area contributed by atoms with E-state index < -0.39 is 0 Å². The molecular weight excluding hydrogens is 274 g/mol. The quantitative estimate of drug-likeness (QED) is 0.692. The topological polar surface area (TPSA) is 44.7 Å². The zero-order chi connectivity index (χ0) is 16.1.